The summed E-state index contributed by atoms with van der Waals surface area (Å²) < 4.78 is 28.3. The van der Waals surface area contributed by atoms with Gasteiger partial charge in [0.05, 0.1) is 10.6 Å². The zero-order valence-electron chi connectivity index (χ0n) is 10.6. The van der Waals surface area contributed by atoms with Crippen LogP contribution in [0.1, 0.15) is 11.1 Å². The van der Waals surface area contributed by atoms with Crippen LogP contribution in [0.3, 0.4) is 0 Å². The smallest absolute Gasteiger partial charge is 0.261 e. The van der Waals surface area contributed by atoms with Crippen LogP contribution in [0.25, 0.3) is 0 Å². The van der Waals surface area contributed by atoms with Gasteiger partial charge in [0.2, 0.25) is 0 Å². The molecule has 0 unspecified atom stereocenters. The first-order chi connectivity index (χ1) is 9.56. The van der Waals surface area contributed by atoms with Crippen LogP contribution in [0.5, 0.6) is 0 Å². The molecule has 0 radical (unpaired) electrons. The van der Waals surface area contributed by atoms with E-state index in [1.807, 2.05) is 24.3 Å². The van der Waals surface area contributed by atoms with Gasteiger partial charge in [-0.3, -0.25) is 4.72 Å². The van der Waals surface area contributed by atoms with Crippen LogP contribution >= 0.6 is 22.6 Å². The number of hydrogen-bond donors (Lipinski definition) is 2. The molecule has 2 aromatic carbocycles. The third-order valence-electron chi connectivity index (χ3n) is 3.24. The molecule has 0 aliphatic carbocycles. The van der Waals surface area contributed by atoms with E-state index in [4.69, 9.17) is 0 Å². The molecule has 0 spiro atoms. The highest BCUT2D eigenvalue weighted by atomic mass is 127. The molecule has 0 bridgehead atoms. The van der Waals surface area contributed by atoms with E-state index in [0.717, 1.165) is 22.2 Å². The van der Waals surface area contributed by atoms with Gasteiger partial charge >= 0.3 is 0 Å². The Morgan fingerprint density at radius 1 is 1.05 bits per heavy atom. The summed E-state index contributed by atoms with van der Waals surface area (Å²) in [4.78, 5) is 0.305. The van der Waals surface area contributed by atoms with Gasteiger partial charge in [-0.15, -0.1) is 0 Å². The van der Waals surface area contributed by atoms with Crippen LogP contribution < -0.4 is 10.0 Å². The minimum absolute atomic E-state index is 0.305. The number of halogens is 1. The van der Waals surface area contributed by atoms with Crippen LogP contribution in [0, 0.1) is 3.57 Å². The maximum atomic E-state index is 12.4. The molecule has 4 nitrogen and oxygen atoms in total. The fourth-order valence-electron chi connectivity index (χ4n) is 2.19. The second kappa shape index (κ2) is 5.34. The third kappa shape index (κ3) is 2.68. The van der Waals surface area contributed by atoms with Gasteiger partial charge in [-0.1, -0.05) is 18.2 Å². The average Bonchev–Trinajstić information content (AvgIpc) is 2.88. The van der Waals surface area contributed by atoms with Crippen LogP contribution in [0.2, 0.25) is 0 Å². The van der Waals surface area contributed by atoms with Gasteiger partial charge in [-0.2, -0.15) is 0 Å². The number of hydrogen-bond acceptors (Lipinski definition) is 3. The molecule has 1 aliphatic heterocycles. The molecule has 1 aliphatic rings. The maximum Gasteiger partial charge on any atom is 0.261 e. The van der Waals surface area contributed by atoms with Crippen molar-refractivity contribution in [3.63, 3.8) is 0 Å². The SMILES string of the molecule is O=S(=O)(Nc1ccccc1I)c1ccc2c(c1)CNC2. The molecule has 1 heterocycles. The quantitative estimate of drug-likeness (QED) is 0.780. The highest BCUT2D eigenvalue weighted by Crippen LogP contribution is 2.24. The number of sulfonamides is 1. The first-order valence-electron chi connectivity index (χ1n) is 6.16. The van der Waals surface area contributed by atoms with Crippen LogP contribution in [0.15, 0.2) is 47.4 Å². The van der Waals surface area contributed by atoms with Crippen molar-refractivity contribution in [2.24, 2.45) is 0 Å². The lowest BCUT2D eigenvalue weighted by molar-refractivity contribution is 0.601. The average molecular weight is 400 g/mol. The van der Waals surface area contributed by atoms with Crippen molar-refractivity contribution < 1.29 is 8.42 Å². The topological polar surface area (TPSA) is 58.2 Å². The molecule has 0 amide bonds. The second-order valence-electron chi connectivity index (χ2n) is 4.62. The summed E-state index contributed by atoms with van der Waals surface area (Å²) in [5.74, 6) is 0. The number of anilines is 1. The van der Waals surface area contributed by atoms with E-state index in [9.17, 15) is 8.42 Å². The Morgan fingerprint density at radius 3 is 2.60 bits per heavy atom. The van der Waals surface area contributed by atoms with Crippen molar-refractivity contribution in [3.8, 4) is 0 Å². The molecule has 0 aromatic heterocycles. The summed E-state index contributed by atoms with van der Waals surface area (Å²) in [6.45, 7) is 1.53. The lowest BCUT2D eigenvalue weighted by Gasteiger charge is -2.10. The Kier molecular flexibility index (Phi) is 3.70. The Hall–Kier alpha value is -1.12. The van der Waals surface area contributed by atoms with E-state index in [1.54, 1.807) is 18.2 Å². The molecule has 6 heteroatoms. The Labute approximate surface area is 131 Å². The van der Waals surface area contributed by atoms with E-state index < -0.39 is 10.0 Å². The molecule has 0 saturated heterocycles. The van der Waals surface area contributed by atoms with Crippen molar-refractivity contribution in [1.29, 1.82) is 0 Å². The number of para-hydroxylation sites is 1. The standard InChI is InChI=1S/C14H13IN2O2S/c15-13-3-1-2-4-14(13)17-20(18,19)12-6-5-10-8-16-9-11(10)7-12/h1-7,16-17H,8-9H2. The summed E-state index contributed by atoms with van der Waals surface area (Å²) in [6.07, 6.45) is 0. The van der Waals surface area contributed by atoms with Gasteiger partial charge in [0, 0.05) is 16.7 Å². The van der Waals surface area contributed by atoms with Crippen LogP contribution in [0.4, 0.5) is 5.69 Å². The van der Waals surface area contributed by atoms with E-state index in [2.05, 4.69) is 32.6 Å². The fraction of sp³-hybridized carbons (Fsp3) is 0.143. The molecule has 2 N–H and O–H groups in total. The zero-order valence-corrected chi connectivity index (χ0v) is 13.5. The van der Waals surface area contributed by atoms with Gasteiger partial charge in [0.15, 0.2) is 0 Å². The third-order valence-corrected chi connectivity index (χ3v) is 5.54. The van der Waals surface area contributed by atoms with Gasteiger partial charge in [-0.05, 0) is 58.0 Å². The predicted molar refractivity (Wildman–Crippen MR) is 87.0 cm³/mol. The molecular formula is C14H13IN2O2S. The highest BCUT2D eigenvalue weighted by Gasteiger charge is 2.18. The van der Waals surface area contributed by atoms with Crippen LogP contribution in [-0.2, 0) is 23.1 Å². The molecule has 3 rings (SSSR count). The minimum atomic E-state index is -3.54. The van der Waals surface area contributed by atoms with Gasteiger partial charge < -0.3 is 5.32 Å². The van der Waals surface area contributed by atoms with Gasteiger partial charge in [0.25, 0.3) is 10.0 Å². The van der Waals surface area contributed by atoms with E-state index in [0.29, 0.717) is 10.6 Å². The van der Waals surface area contributed by atoms with Gasteiger partial charge in [-0.25, -0.2) is 8.42 Å². The molecule has 0 fully saturated rings. The van der Waals surface area contributed by atoms with E-state index >= 15 is 0 Å². The lowest BCUT2D eigenvalue weighted by atomic mass is 10.1. The molecular weight excluding hydrogens is 387 g/mol. The van der Waals surface area contributed by atoms with Crippen molar-refractivity contribution in [2.45, 2.75) is 18.0 Å². The maximum absolute atomic E-state index is 12.4. The summed E-state index contributed by atoms with van der Waals surface area (Å²) >= 11 is 2.11. The number of rotatable bonds is 3. The Morgan fingerprint density at radius 2 is 1.80 bits per heavy atom. The molecule has 20 heavy (non-hydrogen) atoms. The summed E-state index contributed by atoms with van der Waals surface area (Å²) in [5, 5.41) is 3.21. The normalized spacial score (nSPS) is 14.1. The van der Waals surface area contributed by atoms with Crippen molar-refractivity contribution in [3.05, 3.63) is 57.2 Å². The molecule has 104 valence electrons. The van der Waals surface area contributed by atoms with E-state index in [-0.39, 0.29) is 0 Å². The van der Waals surface area contributed by atoms with Gasteiger partial charge in [0.1, 0.15) is 0 Å². The zero-order chi connectivity index (χ0) is 14.2. The van der Waals surface area contributed by atoms with Crippen molar-refractivity contribution in [2.75, 3.05) is 4.72 Å². The predicted octanol–water partition coefficient (Wildman–Crippen LogP) is 2.70. The van der Waals surface area contributed by atoms with Crippen LogP contribution in [-0.4, -0.2) is 8.42 Å². The largest absolute Gasteiger partial charge is 0.309 e. The van der Waals surface area contributed by atoms with E-state index in [1.165, 1.54) is 5.56 Å². The second-order valence-corrected chi connectivity index (χ2v) is 7.46. The summed E-state index contributed by atoms with van der Waals surface area (Å²) in [5.41, 5.74) is 2.82. The molecule has 2 aromatic rings. The first kappa shape index (κ1) is 13.8. The lowest BCUT2D eigenvalue weighted by Crippen LogP contribution is -2.14. The first-order valence-corrected chi connectivity index (χ1v) is 8.72. The highest BCUT2D eigenvalue weighted by molar-refractivity contribution is 14.1. The van der Waals surface area contributed by atoms with Crippen molar-refractivity contribution in [1.82, 2.24) is 5.32 Å². The minimum Gasteiger partial charge on any atom is -0.309 e. The fourth-order valence-corrected chi connectivity index (χ4v) is 4.02. The number of nitrogens with one attached hydrogen (secondary N) is 2. The molecule has 0 saturated carbocycles. The summed E-state index contributed by atoms with van der Waals surface area (Å²) in [7, 11) is -3.54. The molecule has 0 atom stereocenters. The monoisotopic (exact) mass is 400 g/mol. The number of benzene rings is 2. The van der Waals surface area contributed by atoms with Crippen molar-refractivity contribution >= 4 is 38.3 Å². The Balaban J connectivity index is 1.94. The Bertz CT molecular complexity index is 760. The summed E-state index contributed by atoms with van der Waals surface area (Å²) in [6, 6.07) is 12.6. The number of fused-ring (bicyclic) bond motifs is 1.